The van der Waals surface area contributed by atoms with E-state index in [2.05, 4.69) is 20.8 Å². The lowest BCUT2D eigenvalue weighted by Gasteiger charge is -2.52. The average molecular weight is 210 g/mol. The summed E-state index contributed by atoms with van der Waals surface area (Å²) in [5.74, 6) is 1.97. The monoisotopic (exact) mass is 210 g/mol. The second-order valence-electron chi connectivity index (χ2n) is 6.58. The lowest BCUT2D eigenvalue weighted by atomic mass is 9.56. The Morgan fingerprint density at radius 2 is 1.67 bits per heavy atom. The average Bonchev–Trinajstić information content (AvgIpc) is 2.16. The second-order valence-corrected chi connectivity index (χ2v) is 6.58. The predicted molar refractivity (Wildman–Crippen MR) is 63.9 cm³/mol. The van der Waals surface area contributed by atoms with Gasteiger partial charge in [-0.3, -0.25) is 0 Å². The summed E-state index contributed by atoms with van der Waals surface area (Å²) >= 11 is 0. The fourth-order valence-electron chi connectivity index (χ4n) is 3.87. The van der Waals surface area contributed by atoms with Gasteiger partial charge in [-0.25, -0.2) is 0 Å². The molecule has 2 rings (SSSR count). The fraction of sp³-hybridized carbons (Fsp3) is 1.00. The van der Waals surface area contributed by atoms with Gasteiger partial charge in [-0.1, -0.05) is 26.2 Å². The van der Waals surface area contributed by atoms with Crippen LogP contribution in [-0.2, 0) is 4.74 Å². The SMILES string of the molecule is COC(C)(C)C1(C)CC2CCCC(C2)C1. The van der Waals surface area contributed by atoms with Crippen molar-refractivity contribution in [1.29, 1.82) is 0 Å². The molecule has 0 heterocycles. The van der Waals surface area contributed by atoms with Crippen LogP contribution in [-0.4, -0.2) is 12.7 Å². The van der Waals surface area contributed by atoms with Crippen LogP contribution in [0.15, 0.2) is 0 Å². The minimum Gasteiger partial charge on any atom is -0.378 e. The molecule has 0 aromatic heterocycles. The molecule has 2 aliphatic rings. The van der Waals surface area contributed by atoms with E-state index in [0.29, 0.717) is 5.41 Å². The molecule has 88 valence electrons. The first-order valence-corrected chi connectivity index (χ1v) is 6.52. The van der Waals surface area contributed by atoms with Crippen molar-refractivity contribution < 1.29 is 4.74 Å². The Morgan fingerprint density at radius 3 is 2.13 bits per heavy atom. The zero-order chi connectivity index (χ0) is 11.1. The molecule has 1 heteroatoms. The molecule has 0 N–H and O–H groups in total. The minimum absolute atomic E-state index is 0.0429. The van der Waals surface area contributed by atoms with Gasteiger partial charge in [0.1, 0.15) is 0 Å². The molecule has 0 radical (unpaired) electrons. The quantitative estimate of drug-likeness (QED) is 0.669. The highest BCUT2D eigenvalue weighted by atomic mass is 16.5. The van der Waals surface area contributed by atoms with Crippen LogP contribution < -0.4 is 0 Å². The number of methoxy groups -OCH3 is 1. The van der Waals surface area contributed by atoms with E-state index in [1.807, 2.05) is 7.11 Å². The Labute approximate surface area is 94.6 Å². The van der Waals surface area contributed by atoms with Gasteiger partial charge in [0.25, 0.3) is 0 Å². The van der Waals surface area contributed by atoms with Crippen molar-refractivity contribution in [1.82, 2.24) is 0 Å². The van der Waals surface area contributed by atoms with E-state index < -0.39 is 0 Å². The highest BCUT2D eigenvalue weighted by molar-refractivity contribution is 4.98. The van der Waals surface area contributed by atoms with Crippen LogP contribution in [0.1, 0.15) is 59.3 Å². The third kappa shape index (κ3) is 1.95. The summed E-state index contributed by atoms with van der Waals surface area (Å²) < 4.78 is 5.75. The molecule has 2 unspecified atom stereocenters. The van der Waals surface area contributed by atoms with Crippen molar-refractivity contribution in [2.24, 2.45) is 17.3 Å². The first-order valence-electron chi connectivity index (χ1n) is 6.52. The number of ether oxygens (including phenoxy) is 1. The number of hydrogen-bond donors (Lipinski definition) is 0. The van der Waals surface area contributed by atoms with Gasteiger partial charge >= 0.3 is 0 Å². The molecule has 2 aliphatic carbocycles. The zero-order valence-electron chi connectivity index (χ0n) is 10.8. The van der Waals surface area contributed by atoms with Crippen LogP contribution in [0.3, 0.4) is 0 Å². The number of hydrogen-bond acceptors (Lipinski definition) is 1. The van der Waals surface area contributed by atoms with Gasteiger partial charge in [0.15, 0.2) is 0 Å². The molecule has 2 bridgehead atoms. The summed E-state index contributed by atoms with van der Waals surface area (Å²) in [6, 6.07) is 0. The van der Waals surface area contributed by atoms with E-state index in [1.54, 1.807) is 0 Å². The Balaban J connectivity index is 2.15. The molecular formula is C14H26O. The van der Waals surface area contributed by atoms with Crippen molar-refractivity contribution >= 4 is 0 Å². The number of rotatable bonds is 2. The van der Waals surface area contributed by atoms with Crippen LogP contribution in [0.4, 0.5) is 0 Å². The van der Waals surface area contributed by atoms with Gasteiger partial charge in [0.2, 0.25) is 0 Å². The zero-order valence-corrected chi connectivity index (χ0v) is 10.8. The summed E-state index contributed by atoms with van der Waals surface area (Å²) in [6.45, 7) is 6.99. The predicted octanol–water partition coefficient (Wildman–Crippen LogP) is 4.02. The first-order chi connectivity index (χ1) is 6.97. The lowest BCUT2D eigenvalue weighted by Crippen LogP contribution is -2.48. The van der Waals surface area contributed by atoms with Gasteiger partial charge in [0.05, 0.1) is 5.60 Å². The summed E-state index contributed by atoms with van der Waals surface area (Å²) in [6.07, 6.45) is 8.65. The second kappa shape index (κ2) is 3.76. The minimum atomic E-state index is 0.0429. The highest BCUT2D eigenvalue weighted by Gasteiger charge is 2.47. The normalized spacial score (nSPS) is 41.6. The largest absolute Gasteiger partial charge is 0.378 e. The maximum atomic E-state index is 5.75. The summed E-state index contributed by atoms with van der Waals surface area (Å²) in [7, 11) is 1.87. The van der Waals surface area contributed by atoms with E-state index in [1.165, 1.54) is 38.5 Å². The Morgan fingerprint density at radius 1 is 1.13 bits per heavy atom. The third-order valence-corrected chi connectivity index (χ3v) is 5.33. The van der Waals surface area contributed by atoms with Crippen LogP contribution in [0, 0.1) is 17.3 Å². The standard InChI is InChI=1S/C14H26O/c1-13(2,15-4)14(3)9-11-6-5-7-12(8-11)10-14/h11-12H,5-10H2,1-4H3. The van der Waals surface area contributed by atoms with Crippen molar-refractivity contribution in [3.05, 3.63) is 0 Å². The van der Waals surface area contributed by atoms with Gasteiger partial charge in [0, 0.05) is 7.11 Å². The highest BCUT2D eigenvalue weighted by Crippen LogP contribution is 2.53. The van der Waals surface area contributed by atoms with Crippen LogP contribution in [0.5, 0.6) is 0 Å². The van der Waals surface area contributed by atoms with Gasteiger partial charge in [-0.05, 0) is 50.4 Å². The first kappa shape index (κ1) is 11.4. The van der Waals surface area contributed by atoms with Crippen LogP contribution in [0.2, 0.25) is 0 Å². The molecule has 2 atom stereocenters. The van der Waals surface area contributed by atoms with Crippen molar-refractivity contribution in [3.8, 4) is 0 Å². The Bertz CT molecular complexity index is 219. The van der Waals surface area contributed by atoms with Crippen molar-refractivity contribution in [2.45, 2.75) is 64.9 Å². The van der Waals surface area contributed by atoms with Crippen LogP contribution >= 0.6 is 0 Å². The van der Waals surface area contributed by atoms with Gasteiger partial charge < -0.3 is 4.74 Å². The van der Waals surface area contributed by atoms with E-state index in [9.17, 15) is 0 Å². The van der Waals surface area contributed by atoms with E-state index >= 15 is 0 Å². The molecule has 0 aliphatic heterocycles. The molecule has 15 heavy (non-hydrogen) atoms. The Hall–Kier alpha value is -0.0400. The van der Waals surface area contributed by atoms with E-state index in [0.717, 1.165) is 11.8 Å². The molecule has 2 fully saturated rings. The summed E-state index contributed by atoms with van der Waals surface area (Å²) in [4.78, 5) is 0. The molecule has 0 spiro atoms. The molecule has 2 saturated carbocycles. The third-order valence-electron chi connectivity index (χ3n) is 5.33. The van der Waals surface area contributed by atoms with E-state index in [4.69, 9.17) is 4.74 Å². The molecule has 0 aromatic carbocycles. The maximum Gasteiger partial charge on any atom is 0.0676 e. The number of fused-ring (bicyclic) bond motifs is 2. The maximum absolute atomic E-state index is 5.75. The molecular weight excluding hydrogens is 184 g/mol. The van der Waals surface area contributed by atoms with Crippen LogP contribution in [0.25, 0.3) is 0 Å². The summed E-state index contributed by atoms with van der Waals surface area (Å²) in [5.41, 5.74) is 0.441. The van der Waals surface area contributed by atoms with Gasteiger partial charge in [-0.15, -0.1) is 0 Å². The summed E-state index contributed by atoms with van der Waals surface area (Å²) in [5, 5.41) is 0. The topological polar surface area (TPSA) is 9.23 Å². The lowest BCUT2D eigenvalue weighted by molar-refractivity contribution is -0.120. The smallest absolute Gasteiger partial charge is 0.0676 e. The van der Waals surface area contributed by atoms with Crippen molar-refractivity contribution in [2.75, 3.05) is 7.11 Å². The molecule has 1 nitrogen and oxygen atoms in total. The fourth-order valence-corrected chi connectivity index (χ4v) is 3.87. The molecule has 0 saturated heterocycles. The van der Waals surface area contributed by atoms with Gasteiger partial charge in [-0.2, -0.15) is 0 Å². The van der Waals surface area contributed by atoms with Crippen molar-refractivity contribution in [3.63, 3.8) is 0 Å². The van der Waals surface area contributed by atoms with E-state index in [-0.39, 0.29) is 5.60 Å². The molecule has 0 amide bonds. The Kier molecular flexibility index (Phi) is 2.87. The molecule has 0 aromatic rings.